The second kappa shape index (κ2) is 8.29. The van der Waals surface area contributed by atoms with E-state index in [1.54, 1.807) is 6.08 Å². The predicted molar refractivity (Wildman–Crippen MR) is 51.9 cm³/mol. The van der Waals surface area contributed by atoms with Gasteiger partial charge in [-0.1, -0.05) is 6.08 Å². The highest BCUT2D eigenvalue weighted by molar-refractivity contribution is 5.69. The van der Waals surface area contributed by atoms with Crippen LogP contribution in [-0.2, 0) is 14.3 Å². The van der Waals surface area contributed by atoms with E-state index in [1.165, 1.54) is 0 Å². The molecule has 0 bridgehead atoms. The Labute approximate surface area is 83.6 Å². The Kier molecular flexibility index (Phi) is 7.50. The predicted octanol–water partition coefficient (Wildman–Crippen LogP) is 1.75. The number of aliphatic carboxylic acids is 1. The Balaban J connectivity index is 3.26. The Morgan fingerprint density at radius 2 is 1.93 bits per heavy atom. The summed E-state index contributed by atoms with van der Waals surface area (Å²) in [6.45, 7) is 3.86. The van der Waals surface area contributed by atoms with Crippen molar-refractivity contribution in [2.45, 2.75) is 32.1 Å². The first kappa shape index (κ1) is 12.7. The zero-order valence-corrected chi connectivity index (χ0v) is 8.20. The van der Waals surface area contributed by atoms with Crippen molar-refractivity contribution in [1.29, 1.82) is 0 Å². The minimum absolute atomic E-state index is 0.111. The van der Waals surface area contributed by atoms with Crippen LogP contribution < -0.4 is 0 Å². The lowest BCUT2D eigenvalue weighted by Crippen LogP contribution is -2.05. The molecule has 0 aliphatic carbocycles. The van der Waals surface area contributed by atoms with Gasteiger partial charge in [0.05, 0.1) is 6.61 Å². The van der Waals surface area contributed by atoms with Crippen molar-refractivity contribution in [3.8, 4) is 0 Å². The largest absolute Gasteiger partial charge is 0.481 e. The van der Waals surface area contributed by atoms with Gasteiger partial charge in [-0.25, -0.2) is 0 Å². The summed E-state index contributed by atoms with van der Waals surface area (Å²) in [5, 5.41) is 8.32. The van der Waals surface area contributed by atoms with Crippen molar-refractivity contribution >= 4 is 11.9 Å². The molecule has 1 N–H and O–H groups in total. The van der Waals surface area contributed by atoms with E-state index >= 15 is 0 Å². The molecule has 0 aromatic heterocycles. The van der Waals surface area contributed by atoms with Crippen LogP contribution in [0.3, 0.4) is 0 Å². The SMILES string of the molecule is C=CCCOC(=O)CCCCC(=O)O. The van der Waals surface area contributed by atoms with E-state index in [2.05, 4.69) is 6.58 Å². The highest BCUT2D eigenvalue weighted by atomic mass is 16.5. The molecule has 0 aliphatic rings. The van der Waals surface area contributed by atoms with Gasteiger partial charge in [-0.2, -0.15) is 0 Å². The molecule has 0 rings (SSSR count). The number of rotatable bonds is 8. The normalized spacial score (nSPS) is 9.43. The number of unbranched alkanes of at least 4 members (excludes halogenated alkanes) is 1. The molecule has 0 atom stereocenters. The smallest absolute Gasteiger partial charge is 0.305 e. The van der Waals surface area contributed by atoms with Gasteiger partial charge in [0, 0.05) is 12.8 Å². The molecule has 0 heterocycles. The number of carbonyl (C=O) groups is 2. The maximum absolute atomic E-state index is 11.0. The highest BCUT2D eigenvalue weighted by Crippen LogP contribution is 2.01. The summed E-state index contributed by atoms with van der Waals surface area (Å²) < 4.78 is 4.83. The summed E-state index contributed by atoms with van der Waals surface area (Å²) in [4.78, 5) is 21.1. The minimum atomic E-state index is -0.829. The third-order valence-electron chi connectivity index (χ3n) is 1.61. The molecule has 0 unspecified atom stereocenters. The lowest BCUT2D eigenvalue weighted by atomic mass is 10.2. The van der Waals surface area contributed by atoms with E-state index < -0.39 is 5.97 Å². The fraction of sp³-hybridized carbons (Fsp3) is 0.600. The zero-order chi connectivity index (χ0) is 10.8. The van der Waals surface area contributed by atoms with Gasteiger partial charge in [0.25, 0.3) is 0 Å². The molecule has 0 radical (unpaired) electrons. The summed E-state index contributed by atoms with van der Waals surface area (Å²) in [5.41, 5.74) is 0. The summed E-state index contributed by atoms with van der Waals surface area (Å²) in [6.07, 6.45) is 3.83. The third kappa shape index (κ3) is 8.77. The standard InChI is InChI=1S/C10H16O4/c1-2-3-8-14-10(13)7-5-4-6-9(11)12/h2H,1,3-8H2,(H,11,12). The van der Waals surface area contributed by atoms with Crippen molar-refractivity contribution < 1.29 is 19.4 Å². The van der Waals surface area contributed by atoms with Gasteiger partial charge in [0.1, 0.15) is 0 Å². The molecule has 4 heteroatoms. The molecule has 14 heavy (non-hydrogen) atoms. The first-order valence-corrected chi connectivity index (χ1v) is 4.65. The van der Waals surface area contributed by atoms with Crippen LogP contribution in [0.15, 0.2) is 12.7 Å². The molecule has 4 nitrogen and oxygen atoms in total. The molecular weight excluding hydrogens is 184 g/mol. The van der Waals surface area contributed by atoms with E-state index in [9.17, 15) is 9.59 Å². The number of carbonyl (C=O) groups excluding carboxylic acids is 1. The third-order valence-corrected chi connectivity index (χ3v) is 1.61. The Morgan fingerprint density at radius 3 is 2.50 bits per heavy atom. The first-order chi connectivity index (χ1) is 6.66. The number of ether oxygens (including phenoxy) is 1. The number of hydrogen-bond donors (Lipinski definition) is 1. The van der Waals surface area contributed by atoms with Gasteiger partial charge in [0.15, 0.2) is 0 Å². The van der Waals surface area contributed by atoms with Gasteiger partial charge in [-0.15, -0.1) is 6.58 Å². The molecule has 0 aliphatic heterocycles. The highest BCUT2D eigenvalue weighted by Gasteiger charge is 2.03. The van der Waals surface area contributed by atoms with Crippen LogP contribution in [0.1, 0.15) is 32.1 Å². The van der Waals surface area contributed by atoms with Crippen LogP contribution in [0.2, 0.25) is 0 Å². The zero-order valence-electron chi connectivity index (χ0n) is 8.20. The average Bonchev–Trinajstić information content (AvgIpc) is 2.13. The van der Waals surface area contributed by atoms with Crippen molar-refractivity contribution in [2.24, 2.45) is 0 Å². The van der Waals surface area contributed by atoms with E-state index in [0.29, 0.717) is 32.3 Å². The van der Waals surface area contributed by atoms with Crippen LogP contribution in [0.4, 0.5) is 0 Å². The fourth-order valence-corrected chi connectivity index (χ4v) is 0.874. The molecule has 0 saturated heterocycles. The first-order valence-electron chi connectivity index (χ1n) is 4.65. The van der Waals surface area contributed by atoms with Gasteiger partial charge >= 0.3 is 11.9 Å². The van der Waals surface area contributed by atoms with Gasteiger partial charge < -0.3 is 9.84 Å². The van der Waals surface area contributed by atoms with Gasteiger partial charge in [-0.3, -0.25) is 9.59 Å². The fourth-order valence-electron chi connectivity index (χ4n) is 0.874. The second-order valence-electron chi connectivity index (χ2n) is 2.90. The van der Waals surface area contributed by atoms with Crippen molar-refractivity contribution in [3.05, 3.63) is 12.7 Å². The Hall–Kier alpha value is -1.32. The van der Waals surface area contributed by atoms with Gasteiger partial charge in [-0.05, 0) is 19.3 Å². The molecule has 0 saturated carbocycles. The van der Waals surface area contributed by atoms with Crippen LogP contribution >= 0.6 is 0 Å². The van der Waals surface area contributed by atoms with Crippen LogP contribution in [0.5, 0.6) is 0 Å². The molecule has 0 aromatic rings. The molecule has 0 spiro atoms. The average molecular weight is 200 g/mol. The lowest BCUT2D eigenvalue weighted by Gasteiger charge is -2.01. The summed E-state index contributed by atoms with van der Waals surface area (Å²) in [7, 11) is 0. The lowest BCUT2D eigenvalue weighted by molar-refractivity contribution is -0.144. The van der Waals surface area contributed by atoms with E-state index in [-0.39, 0.29) is 12.4 Å². The summed E-state index contributed by atoms with van der Waals surface area (Å²) in [5.74, 6) is -1.10. The molecule has 0 amide bonds. The monoisotopic (exact) mass is 200 g/mol. The molecule has 0 aromatic carbocycles. The number of esters is 1. The number of hydrogen-bond acceptors (Lipinski definition) is 3. The molecular formula is C10H16O4. The quantitative estimate of drug-likeness (QED) is 0.368. The Morgan fingerprint density at radius 1 is 1.29 bits per heavy atom. The van der Waals surface area contributed by atoms with Crippen LogP contribution in [0, 0.1) is 0 Å². The van der Waals surface area contributed by atoms with Crippen molar-refractivity contribution in [2.75, 3.05) is 6.61 Å². The Bertz CT molecular complexity index is 198. The number of carboxylic acid groups (broad SMARTS) is 1. The minimum Gasteiger partial charge on any atom is -0.481 e. The van der Waals surface area contributed by atoms with Crippen molar-refractivity contribution in [3.63, 3.8) is 0 Å². The summed E-state index contributed by atoms with van der Waals surface area (Å²) in [6, 6.07) is 0. The van der Waals surface area contributed by atoms with Gasteiger partial charge in [0.2, 0.25) is 0 Å². The van der Waals surface area contributed by atoms with Crippen LogP contribution in [-0.4, -0.2) is 23.7 Å². The topological polar surface area (TPSA) is 63.6 Å². The molecule has 0 fully saturated rings. The van der Waals surface area contributed by atoms with E-state index in [4.69, 9.17) is 9.84 Å². The maximum Gasteiger partial charge on any atom is 0.305 e. The van der Waals surface area contributed by atoms with Crippen molar-refractivity contribution in [1.82, 2.24) is 0 Å². The maximum atomic E-state index is 11.0. The van der Waals surface area contributed by atoms with E-state index in [0.717, 1.165) is 0 Å². The molecule has 80 valence electrons. The van der Waals surface area contributed by atoms with Crippen LogP contribution in [0.25, 0.3) is 0 Å². The number of carboxylic acids is 1. The second-order valence-corrected chi connectivity index (χ2v) is 2.90. The van der Waals surface area contributed by atoms with E-state index in [1.807, 2.05) is 0 Å². The summed E-state index contributed by atoms with van der Waals surface area (Å²) >= 11 is 0.